The molecule has 0 aliphatic heterocycles. The van der Waals surface area contributed by atoms with Gasteiger partial charge >= 0.3 is 5.97 Å². The molecule has 15 N–H and O–H groups in total. The number of carboxylic acid groups (broad SMARTS) is 1. The predicted octanol–water partition coefficient (Wildman–Crippen LogP) is -6.47. The second-order valence-electron chi connectivity index (χ2n) is 8.82. The molecular formula is C21H40N8O10. The number of nitrogens with two attached hydrogens (primary N) is 3. The van der Waals surface area contributed by atoms with Crippen molar-refractivity contribution in [2.45, 2.75) is 82.1 Å². The number of aliphatic hydroxyl groups excluding tert-OH is 4. The van der Waals surface area contributed by atoms with Gasteiger partial charge in [0.2, 0.25) is 23.6 Å². The number of carboxylic acids is 1. The monoisotopic (exact) mass is 564 g/mol. The Hall–Kier alpha value is -3.58. The third-order valence-corrected chi connectivity index (χ3v) is 5.28. The first-order valence-electron chi connectivity index (χ1n) is 11.9. The number of aliphatic hydroxyl groups is 4. The molecule has 0 aromatic carbocycles. The summed E-state index contributed by atoms with van der Waals surface area (Å²) in [5, 5.41) is 56.6. The highest BCUT2D eigenvalue weighted by Gasteiger charge is 2.35. The van der Waals surface area contributed by atoms with Gasteiger partial charge in [-0.25, -0.2) is 4.79 Å². The number of aliphatic carboxylic acids is 1. The smallest absolute Gasteiger partial charge is 0.328 e. The summed E-state index contributed by atoms with van der Waals surface area (Å²) in [4.78, 5) is 65.7. The summed E-state index contributed by atoms with van der Waals surface area (Å²) in [5.41, 5.74) is 16.0. The van der Waals surface area contributed by atoms with Crippen LogP contribution < -0.4 is 38.5 Å². The minimum Gasteiger partial charge on any atom is -0.480 e. The van der Waals surface area contributed by atoms with Crippen molar-refractivity contribution in [2.75, 3.05) is 13.2 Å². The number of hydrogen-bond acceptors (Lipinski definition) is 11. The molecule has 0 unspecified atom stereocenters. The number of guanidine groups is 1. The maximum Gasteiger partial charge on any atom is 0.328 e. The first kappa shape index (κ1) is 35.4. The predicted molar refractivity (Wildman–Crippen MR) is 135 cm³/mol. The van der Waals surface area contributed by atoms with Gasteiger partial charge in [-0.1, -0.05) is 0 Å². The molecule has 0 aliphatic rings. The maximum absolute atomic E-state index is 13.1. The highest BCUT2D eigenvalue weighted by molar-refractivity contribution is 5.95. The Morgan fingerprint density at radius 3 is 1.59 bits per heavy atom. The van der Waals surface area contributed by atoms with Gasteiger partial charge in [-0.15, -0.1) is 0 Å². The van der Waals surface area contributed by atoms with Gasteiger partial charge in [-0.05, 0) is 33.6 Å². The zero-order valence-corrected chi connectivity index (χ0v) is 21.9. The van der Waals surface area contributed by atoms with Crippen molar-refractivity contribution in [2.24, 2.45) is 22.2 Å². The van der Waals surface area contributed by atoms with Crippen molar-refractivity contribution in [3.05, 3.63) is 0 Å². The van der Waals surface area contributed by atoms with Crippen molar-refractivity contribution in [3.8, 4) is 0 Å². The van der Waals surface area contributed by atoms with E-state index in [1.165, 1.54) is 6.92 Å². The number of nitrogens with zero attached hydrogens (tertiary/aromatic N) is 1. The molecule has 39 heavy (non-hydrogen) atoms. The zero-order chi connectivity index (χ0) is 30.4. The highest BCUT2D eigenvalue weighted by atomic mass is 16.4. The van der Waals surface area contributed by atoms with E-state index in [2.05, 4.69) is 20.9 Å². The van der Waals surface area contributed by atoms with Crippen LogP contribution in [0.1, 0.15) is 33.6 Å². The van der Waals surface area contributed by atoms with Crippen LogP contribution in [0.3, 0.4) is 0 Å². The van der Waals surface area contributed by atoms with Crippen molar-refractivity contribution in [1.29, 1.82) is 0 Å². The third-order valence-electron chi connectivity index (χ3n) is 5.28. The summed E-state index contributed by atoms with van der Waals surface area (Å²) in [7, 11) is 0. The molecule has 0 saturated carbocycles. The molecule has 0 radical (unpaired) electrons. The summed E-state index contributed by atoms with van der Waals surface area (Å²) in [6.07, 6.45) is -4.50. The number of carbonyl (C=O) groups is 5. The number of aliphatic imine (C=N–C) groups is 1. The van der Waals surface area contributed by atoms with E-state index >= 15 is 0 Å². The van der Waals surface area contributed by atoms with E-state index in [0.29, 0.717) is 0 Å². The maximum atomic E-state index is 13.1. The van der Waals surface area contributed by atoms with E-state index in [0.717, 1.165) is 13.8 Å². The van der Waals surface area contributed by atoms with Crippen molar-refractivity contribution in [3.63, 3.8) is 0 Å². The molecule has 0 fully saturated rings. The number of rotatable bonds is 17. The van der Waals surface area contributed by atoms with Crippen LogP contribution in [0.5, 0.6) is 0 Å². The van der Waals surface area contributed by atoms with Gasteiger partial charge in [0.25, 0.3) is 0 Å². The Balaban J connectivity index is 5.86. The Morgan fingerprint density at radius 2 is 1.18 bits per heavy atom. The number of nitrogens with one attached hydrogen (secondary N) is 4. The van der Waals surface area contributed by atoms with Gasteiger partial charge in [0.1, 0.15) is 24.2 Å². The number of amides is 4. The fourth-order valence-corrected chi connectivity index (χ4v) is 3.07. The highest BCUT2D eigenvalue weighted by Crippen LogP contribution is 2.05. The van der Waals surface area contributed by atoms with Gasteiger partial charge < -0.3 is 64.0 Å². The van der Waals surface area contributed by atoms with E-state index in [9.17, 15) is 44.4 Å². The van der Waals surface area contributed by atoms with Gasteiger partial charge in [-0.3, -0.25) is 24.2 Å². The van der Waals surface area contributed by atoms with Crippen LogP contribution in [0.4, 0.5) is 0 Å². The molecule has 0 spiro atoms. The minimum absolute atomic E-state index is 0.0406. The van der Waals surface area contributed by atoms with E-state index in [4.69, 9.17) is 22.3 Å². The fraction of sp³-hybridized carbons (Fsp3) is 0.714. The molecule has 0 aromatic rings. The lowest BCUT2D eigenvalue weighted by atomic mass is 10.1. The average Bonchev–Trinajstić information content (AvgIpc) is 2.83. The molecule has 0 rings (SSSR count). The lowest BCUT2D eigenvalue weighted by Crippen LogP contribution is -2.62. The van der Waals surface area contributed by atoms with E-state index in [1.54, 1.807) is 0 Å². The van der Waals surface area contributed by atoms with Crippen LogP contribution in [0.25, 0.3) is 0 Å². The van der Waals surface area contributed by atoms with Crippen molar-refractivity contribution >= 4 is 35.6 Å². The standard InChI is InChI=1S/C21H40N8O10/c1-8(31)13(27-16(34)11(22)7-30)18(36)26-12(5-4-6-25-21(23)24)17(35)28-14(9(2)32)19(37)29-15(10(3)33)20(38)39/h8-15,30-33H,4-7,22H2,1-3H3,(H,26,36)(H,27,34)(H,28,35)(H,29,37)(H,38,39)(H4,23,24,25)/t8-,9-,10-,11+,12+,13+,14+,15+/m1/s1. The van der Waals surface area contributed by atoms with Crippen molar-refractivity contribution in [1.82, 2.24) is 21.3 Å². The molecule has 0 heterocycles. The van der Waals surface area contributed by atoms with Gasteiger partial charge in [0.15, 0.2) is 12.0 Å². The summed E-state index contributed by atoms with van der Waals surface area (Å²) in [5.74, 6) is -5.90. The van der Waals surface area contributed by atoms with Crippen molar-refractivity contribution < 1.29 is 49.5 Å². The summed E-state index contributed by atoms with van der Waals surface area (Å²) in [6.45, 7) is 2.73. The molecule has 0 aliphatic carbocycles. The Bertz CT molecular complexity index is 879. The number of carbonyl (C=O) groups excluding carboxylic acids is 4. The van der Waals surface area contributed by atoms with Gasteiger partial charge in [0.05, 0.1) is 24.9 Å². The fourth-order valence-electron chi connectivity index (χ4n) is 3.07. The third kappa shape index (κ3) is 12.7. The van der Waals surface area contributed by atoms with Gasteiger partial charge in [-0.2, -0.15) is 0 Å². The summed E-state index contributed by atoms with van der Waals surface area (Å²) in [6, 6.07) is -7.85. The Labute approximate surface area is 224 Å². The Kier molecular flexibility index (Phi) is 15.5. The molecule has 18 heteroatoms. The largest absolute Gasteiger partial charge is 0.480 e. The van der Waals surface area contributed by atoms with Crippen LogP contribution in [-0.4, -0.2) is 123 Å². The molecular weight excluding hydrogens is 524 g/mol. The van der Waals surface area contributed by atoms with E-state index in [1.807, 2.05) is 5.32 Å². The van der Waals surface area contributed by atoms with Crippen LogP contribution in [-0.2, 0) is 24.0 Å². The molecule has 18 nitrogen and oxygen atoms in total. The number of hydrogen-bond donors (Lipinski definition) is 12. The first-order valence-corrected chi connectivity index (χ1v) is 11.9. The quantitative estimate of drug-likeness (QED) is 0.0444. The van der Waals surface area contributed by atoms with Crippen LogP contribution in [0.2, 0.25) is 0 Å². The molecule has 4 amide bonds. The van der Waals surface area contributed by atoms with Crippen LogP contribution >= 0.6 is 0 Å². The topological polar surface area (TPSA) is 325 Å². The summed E-state index contributed by atoms with van der Waals surface area (Å²) >= 11 is 0. The first-order chi connectivity index (χ1) is 18.0. The summed E-state index contributed by atoms with van der Waals surface area (Å²) < 4.78 is 0. The van der Waals surface area contributed by atoms with Gasteiger partial charge in [0, 0.05) is 6.54 Å². The lowest BCUT2D eigenvalue weighted by Gasteiger charge is -2.28. The zero-order valence-electron chi connectivity index (χ0n) is 21.9. The van der Waals surface area contributed by atoms with E-state index in [-0.39, 0.29) is 25.3 Å². The average molecular weight is 565 g/mol. The second kappa shape index (κ2) is 17.1. The molecule has 0 bridgehead atoms. The lowest BCUT2D eigenvalue weighted by molar-refractivity contribution is -0.146. The van der Waals surface area contributed by atoms with E-state index < -0.39 is 84.7 Å². The van der Waals surface area contributed by atoms with Crippen LogP contribution in [0, 0.1) is 0 Å². The normalized spacial score (nSPS) is 17.1. The Morgan fingerprint density at radius 1 is 0.744 bits per heavy atom. The molecule has 8 atom stereocenters. The SMILES string of the molecule is C[C@@H](O)[C@H](NC(=O)[C@@H](NC(=O)[C@H](CCCN=C(N)N)NC(=O)[C@@H](NC(=O)[C@@H](N)CO)[C@@H](C)O)[C@@H](C)O)C(=O)O. The molecule has 0 aromatic heterocycles. The second-order valence-corrected chi connectivity index (χ2v) is 8.82. The molecule has 224 valence electrons. The van der Waals surface area contributed by atoms with Crippen LogP contribution in [0.15, 0.2) is 4.99 Å². The minimum atomic E-state index is -1.74. The molecule has 0 saturated heterocycles.